The quantitative estimate of drug-likeness (QED) is 0.125. The molecule has 2 aromatic rings. The Morgan fingerprint density at radius 3 is 2.27 bits per heavy atom. The molecule has 1 unspecified atom stereocenters. The number of carbonyl (C=O) groups excluding carboxylic acids is 2. The molecule has 0 aliphatic rings. The first-order valence-corrected chi connectivity index (χ1v) is 15.8. The molecule has 0 saturated carbocycles. The molecule has 1 aromatic carbocycles. The molecule has 11 nitrogen and oxygen atoms in total. The van der Waals surface area contributed by atoms with Gasteiger partial charge in [-0.05, 0) is 67.0 Å². The second-order valence-corrected chi connectivity index (χ2v) is 12.6. The molecule has 45 heavy (non-hydrogen) atoms. The molecule has 2 rings (SSSR count). The molecule has 1 aromatic heterocycles. The number of hydrogen-bond donors (Lipinski definition) is 4. The van der Waals surface area contributed by atoms with E-state index in [2.05, 4.69) is 41.7 Å². The number of unbranched alkanes of at least 4 members (excludes halogenated alkanes) is 1. The van der Waals surface area contributed by atoms with Crippen LogP contribution in [0.25, 0.3) is 0 Å². The van der Waals surface area contributed by atoms with Crippen LogP contribution in [0, 0.1) is 12.3 Å². The van der Waals surface area contributed by atoms with Crippen LogP contribution in [0.2, 0.25) is 10.0 Å². The van der Waals surface area contributed by atoms with Crippen LogP contribution in [0.15, 0.2) is 30.5 Å². The van der Waals surface area contributed by atoms with Gasteiger partial charge >= 0.3 is 5.97 Å². The van der Waals surface area contributed by atoms with Gasteiger partial charge in [-0.1, -0.05) is 44.0 Å². The zero-order chi connectivity index (χ0) is 33.2. The van der Waals surface area contributed by atoms with Gasteiger partial charge in [-0.25, -0.2) is 4.98 Å². The summed E-state index contributed by atoms with van der Waals surface area (Å²) >= 11 is 12.8. The number of aryl methyl sites for hydroxylation is 1. The second kappa shape index (κ2) is 20.1. The molecule has 0 spiro atoms. The van der Waals surface area contributed by atoms with Crippen LogP contribution < -0.4 is 20.7 Å². The Bertz CT molecular complexity index is 1220. The van der Waals surface area contributed by atoms with Gasteiger partial charge in [0.1, 0.15) is 12.4 Å². The number of nitrogens with one attached hydrogen (secondary N) is 3. The molecule has 0 radical (unpaired) electrons. The molecule has 0 saturated heterocycles. The number of nitrogens with zero attached hydrogens (tertiary/aromatic N) is 1. The lowest BCUT2D eigenvalue weighted by Gasteiger charge is -2.20. The average Bonchev–Trinajstić information content (AvgIpc) is 2.95. The third kappa shape index (κ3) is 16.7. The van der Waals surface area contributed by atoms with Gasteiger partial charge in [0.15, 0.2) is 5.75 Å². The topological polar surface area (TPSA) is 148 Å². The molecular weight excluding hydrogens is 623 g/mol. The molecule has 0 aliphatic heterocycles. The van der Waals surface area contributed by atoms with Crippen LogP contribution in [0.4, 0.5) is 5.82 Å². The number of rotatable bonds is 21. The summed E-state index contributed by atoms with van der Waals surface area (Å²) in [5, 5.41) is 18.2. The van der Waals surface area contributed by atoms with Crippen LogP contribution in [0.5, 0.6) is 5.75 Å². The van der Waals surface area contributed by atoms with E-state index in [9.17, 15) is 19.5 Å². The number of pyridine rings is 1. The minimum Gasteiger partial charge on any atom is -0.488 e. The van der Waals surface area contributed by atoms with E-state index in [0.717, 1.165) is 24.2 Å². The highest BCUT2D eigenvalue weighted by Crippen LogP contribution is 2.36. The van der Waals surface area contributed by atoms with Gasteiger partial charge in [0.05, 0.1) is 48.9 Å². The van der Waals surface area contributed by atoms with Crippen molar-refractivity contribution in [2.75, 3.05) is 51.4 Å². The summed E-state index contributed by atoms with van der Waals surface area (Å²) in [7, 11) is 0. The number of aliphatic carboxylic acids is 1. The number of amides is 2. The molecule has 0 aliphatic carbocycles. The molecular formula is C32H46Cl2N4O7. The smallest absolute Gasteiger partial charge is 0.305 e. The van der Waals surface area contributed by atoms with E-state index in [1.54, 1.807) is 6.20 Å². The van der Waals surface area contributed by atoms with Crippen LogP contribution >= 0.6 is 23.2 Å². The fraction of sp³-hybridized carbons (Fsp3) is 0.562. The van der Waals surface area contributed by atoms with E-state index in [1.807, 2.05) is 19.1 Å². The van der Waals surface area contributed by atoms with Crippen molar-refractivity contribution < 1.29 is 33.7 Å². The first-order valence-electron chi connectivity index (χ1n) is 15.1. The molecule has 4 N–H and O–H groups in total. The fourth-order valence-electron chi connectivity index (χ4n) is 4.02. The molecule has 0 bridgehead atoms. The summed E-state index contributed by atoms with van der Waals surface area (Å²) in [6.07, 6.45) is 3.90. The van der Waals surface area contributed by atoms with Crippen molar-refractivity contribution in [1.29, 1.82) is 0 Å². The first-order chi connectivity index (χ1) is 21.3. The third-order valence-corrected chi connectivity index (χ3v) is 7.04. The Morgan fingerprint density at radius 2 is 1.62 bits per heavy atom. The highest BCUT2D eigenvalue weighted by molar-refractivity contribution is 6.37. The Kier molecular flexibility index (Phi) is 17.0. The van der Waals surface area contributed by atoms with E-state index in [-0.39, 0.29) is 46.7 Å². The van der Waals surface area contributed by atoms with Crippen LogP contribution in [-0.2, 0) is 23.9 Å². The zero-order valence-corrected chi connectivity index (χ0v) is 28.1. The number of hydrogen-bond acceptors (Lipinski definition) is 8. The lowest BCUT2D eigenvalue weighted by Crippen LogP contribution is -2.39. The number of anilines is 1. The Labute approximate surface area is 275 Å². The number of ether oxygens (including phenoxy) is 3. The molecule has 1 atom stereocenters. The van der Waals surface area contributed by atoms with Crippen molar-refractivity contribution >= 4 is 46.8 Å². The van der Waals surface area contributed by atoms with Gasteiger partial charge < -0.3 is 35.3 Å². The largest absolute Gasteiger partial charge is 0.488 e. The fourth-order valence-corrected chi connectivity index (χ4v) is 4.63. The molecule has 2 amide bonds. The van der Waals surface area contributed by atoms with Gasteiger partial charge in [-0.3, -0.25) is 14.4 Å². The second-order valence-electron chi connectivity index (χ2n) is 11.8. The average molecular weight is 670 g/mol. The summed E-state index contributed by atoms with van der Waals surface area (Å²) in [6.45, 7) is 10.9. The molecule has 1 heterocycles. The van der Waals surface area contributed by atoms with Crippen molar-refractivity contribution in [3.63, 3.8) is 0 Å². The predicted octanol–water partition coefficient (Wildman–Crippen LogP) is 5.58. The molecule has 0 fully saturated rings. The minimum absolute atomic E-state index is 0.161. The number of benzene rings is 1. The summed E-state index contributed by atoms with van der Waals surface area (Å²) in [5.74, 6) is -0.950. The van der Waals surface area contributed by atoms with Gasteiger partial charge in [0.2, 0.25) is 11.8 Å². The number of carbonyl (C=O) groups is 3. The van der Waals surface area contributed by atoms with Gasteiger partial charge in [-0.15, -0.1) is 0 Å². The van der Waals surface area contributed by atoms with Crippen molar-refractivity contribution in [3.05, 3.63) is 51.6 Å². The minimum atomic E-state index is -1.13. The monoisotopic (exact) mass is 668 g/mol. The SMILES string of the molecule is Cc1ccnc(NCCCCC(=O)NCC(=O)NC(CC(=O)O)c2cc(Cl)c(OCCOCCOCCC(C)(C)C)c(Cl)c2)c1. The van der Waals surface area contributed by atoms with E-state index in [4.69, 9.17) is 37.4 Å². The number of halogens is 2. The number of carboxylic acid groups (broad SMARTS) is 1. The van der Waals surface area contributed by atoms with Crippen LogP contribution in [-0.4, -0.2) is 74.0 Å². The Hall–Kier alpha value is -3.12. The summed E-state index contributed by atoms with van der Waals surface area (Å²) < 4.78 is 16.8. The van der Waals surface area contributed by atoms with Gasteiger partial charge in [0, 0.05) is 25.8 Å². The van der Waals surface area contributed by atoms with E-state index >= 15 is 0 Å². The Morgan fingerprint density at radius 1 is 0.956 bits per heavy atom. The lowest BCUT2D eigenvalue weighted by atomic mass is 9.93. The lowest BCUT2D eigenvalue weighted by molar-refractivity contribution is -0.138. The van der Waals surface area contributed by atoms with Crippen molar-refractivity contribution in [2.45, 2.75) is 65.8 Å². The standard InChI is InChI=1S/C32H46Cl2N4O7/c1-22-8-11-36-27(17-22)35-10-6-5-7-28(39)37-21-29(40)38-26(20-30(41)42)23-18-24(33)31(25(34)19-23)45-16-15-44-14-13-43-12-9-32(2,3)4/h8,11,17-19,26H,5-7,9-10,12-16,20-21H2,1-4H3,(H,35,36)(H,37,39)(H,38,40)(H,41,42). The maximum absolute atomic E-state index is 12.6. The highest BCUT2D eigenvalue weighted by Gasteiger charge is 2.21. The summed E-state index contributed by atoms with van der Waals surface area (Å²) in [6, 6.07) is 5.92. The van der Waals surface area contributed by atoms with Crippen molar-refractivity contribution in [1.82, 2.24) is 15.6 Å². The number of aromatic nitrogens is 1. The van der Waals surface area contributed by atoms with Crippen LogP contribution in [0.3, 0.4) is 0 Å². The number of carboxylic acids is 1. The zero-order valence-electron chi connectivity index (χ0n) is 26.5. The third-order valence-electron chi connectivity index (χ3n) is 6.48. The maximum atomic E-state index is 12.6. The summed E-state index contributed by atoms with van der Waals surface area (Å²) in [5.41, 5.74) is 1.71. The van der Waals surface area contributed by atoms with E-state index in [1.165, 1.54) is 12.1 Å². The van der Waals surface area contributed by atoms with Crippen molar-refractivity contribution in [3.8, 4) is 5.75 Å². The maximum Gasteiger partial charge on any atom is 0.305 e. The first kappa shape index (κ1) is 38.1. The van der Waals surface area contributed by atoms with Crippen LogP contribution in [0.1, 0.15) is 70.0 Å². The normalized spacial score (nSPS) is 12.0. The molecule has 13 heteroatoms. The predicted molar refractivity (Wildman–Crippen MR) is 175 cm³/mol. The summed E-state index contributed by atoms with van der Waals surface area (Å²) in [4.78, 5) is 40.6. The van der Waals surface area contributed by atoms with Crippen molar-refractivity contribution in [2.24, 2.45) is 5.41 Å². The highest BCUT2D eigenvalue weighted by atomic mass is 35.5. The van der Waals surface area contributed by atoms with Gasteiger partial charge in [0.25, 0.3) is 0 Å². The van der Waals surface area contributed by atoms with E-state index in [0.29, 0.717) is 45.0 Å². The van der Waals surface area contributed by atoms with E-state index < -0.39 is 24.3 Å². The Balaban J connectivity index is 1.75. The molecule has 250 valence electrons. The van der Waals surface area contributed by atoms with Gasteiger partial charge in [-0.2, -0.15) is 0 Å².